The minimum Gasteiger partial charge on any atom is -0.356 e. The van der Waals surface area contributed by atoms with Crippen LogP contribution in [0, 0.1) is 0 Å². The fourth-order valence-corrected chi connectivity index (χ4v) is 3.00. The first-order chi connectivity index (χ1) is 12.5. The standard InChI is InChI=1S/C21H26N2O2S/c1-4-23(5-2)20(26)22-19(24)21(3,18-14-10-7-11-15-18)25-16-17-12-8-6-9-13-17/h6-15H,4-5,16H2,1-3H3,(H,22,24,26)/t21-/m1/s1. The highest BCUT2D eigenvalue weighted by atomic mass is 32.1. The molecular formula is C21H26N2O2S. The maximum Gasteiger partial charge on any atom is 0.262 e. The minimum absolute atomic E-state index is 0.267. The van der Waals surface area contributed by atoms with Gasteiger partial charge in [0.1, 0.15) is 0 Å². The number of carbonyl (C=O) groups excluding carboxylic acids is 1. The Morgan fingerprint density at radius 1 is 1.04 bits per heavy atom. The van der Waals surface area contributed by atoms with E-state index in [-0.39, 0.29) is 5.91 Å². The summed E-state index contributed by atoms with van der Waals surface area (Å²) in [6, 6.07) is 19.3. The van der Waals surface area contributed by atoms with Crippen LogP contribution < -0.4 is 5.32 Å². The fourth-order valence-electron chi connectivity index (χ4n) is 2.64. The first-order valence-corrected chi connectivity index (χ1v) is 9.25. The second-order valence-electron chi connectivity index (χ2n) is 6.11. The second-order valence-corrected chi connectivity index (χ2v) is 6.49. The van der Waals surface area contributed by atoms with Gasteiger partial charge in [0.2, 0.25) is 0 Å². The average molecular weight is 371 g/mol. The van der Waals surface area contributed by atoms with Crippen molar-refractivity contribution in [3.05, 3.63) is 71.8 Å². The number of ether oxygens (including phenoxy) is 1. The topological polar surface area (TPSA) is 41.6 Å². The van der Waals surface area contributed by atoms with Gasteiger partial charge in [-0.25, -0.2) is 0 Å². The summed E-state index contributed by atoms with van der Waals surface area (Å²) < 4.78 is 6.12. The zero-order valence-electron chi connectivity index (χ0n) is 15.6. The van der Waals surface area contributed by atoms with Crippen LogP contribution >= 0.6 is 12.2 Å². The molecule has 0 fully saturated rings. The van der Waals surface area contributed by atoms with E-state index in [1.807, 2.05) is 79.4 Å². The molecule has 0 saturated heterocycles. The van der Waals surface area contributed by atoms with Crippen molar-refractivity contribution in [2.24, 2.45) is 0 Å². The molecule has 0 spiro atoms. The predicted octanol–water partition coefficient (Wildman–Crippen LogP) is 3.86. The van der Waals surface area contributed by atoms with Crippen LogP contribution in [-0.2, 0) is 21.7 Å². The molecule has 138 valence electrons. The fraction of sp³-hybridized carbons (Fsp3) is 0.333. The molecule has 0 unspecified atom stereocenters. The largest absolute Gasteiger partial charge is 0.356 e. The van der Waals surface area contributed by atoms with Gasteiger partial charge in [0, 0.05) is 13.1 Å². The van der Waals surface area contributed by atoms with Crippen molar-refractivity contribution in [1.82, 2.24) is 10.2 Å². The summed E-state index contributed by atoms with van der Waals surface area (Å²) in [5.41, 5.74) is 0.651. The lowest BCUT2D eigenvalue weighted by Crippen LogP contribution is -2.50. The van der Waals surface area contributed by atoms with E-state index >= 15 is 0 Å². The quantitative estimate of drug-likeness (QED) is 0.752. The maximum atomic E-state index is 13.1. The third-order valence-electron chi connectivity index (χ3n) is 4.40. The van der Waals surface area contributed by atoms with E-state index < -0.39 is 5.60 Å². The van der Waals surface area contributed by atoms with Gasteiger partial charge in [0.15, 0.2) is 10.7 Å². The number of benzene rings is 2. The third kappa shape index (κ3) is 4.90. The first-order valence-electron chi connectivity index (χ1n) is 8.85. The molecule has 2 aromatic rings. The molecule has 0 heterocycles. The smallest absolute Gasteiger partial charge is 0.262 e. The van der Waals surface area contributed by atoms with Crippen molar-refractivity contribution in [1.29, 1.82) is 0 Å². The van der Waals surface area contributed by atoms with Gasteiger partial charge in [0.05, 0.1) is 6.61 Å². The Hall–Kier alpha value is -2.24. The van der Waals surface area contributed by atoms with Crippen molar-refractivity contribution >= 4 is 23.2 Å². The van der Waals surface area contributed by atoms with Crippen LogP contribution in [0.4, 0.5) is 0 Å². The molecule has 4 nitrogen and oxygen atoms in total. The number of hydrogen-bond donors (Lipinski definition) is 1. The number of nitrogens with zero attached hydrogens (tertiary/aromatic N) is 1. The van der Waals surface area contributed by atoms with Crippen LogP contribution in [0.5, 0.6) is 0 Å². The molecule has 0 bridgehead atoms. The summed E-state index contributed by atoms with van der Waals surface area (Å²) in [4.78, 5) is 15.0. The molecule has 26 heavy (non-hydrogen) atoms. The van der Waals surface area contributed by atoms with Crippen LogP contribution in [-0.4, -0.2) is 29.0 Å². The van der Waals surface area contributed by atoms with Crippen molar-refractivity contribution < 1.29 is 9.53 Å². The lowest BCUT2D eigenvalue weighted by molar-refractivity contribution is -0.146. The predicted molar refractivity (Wildman–Crippen MR) is 109 cm³/mol. The summed E-state index contributed by atoms with van der Waals surface area (Å²) in [6.45, 7) is 7.60. The normalized spacial score (nSPS) is 12.9. The van der Waals surface area contributed by atoms with Crippen molar-refractivity contribution in [2.75, 3.05) is 13.1 Å². The monoisotopic (exact) mass is 370 g/mol. The van der Waals surface area contributed by atoms with E-state index in [0.29, 0.717) is 11.7 Å². The van der Waals surface area contributed by atoms with Crippen LogP contribution in [0.25, 0.3) is 0 Å². The molecule has 1 atom stereocenters. The van der Waals surface area contributed by atoms with Gasteiger partial charge in [-0.15, -0.1) is 0 Å². The molecule has 1 N–H and O–H groups in total. The van der Waals surface area contributed by atoms with Crippen LogP contribution in [0.1, 0.15) is 31.9 Å². The number of hydrogen-bond acceptors (Lipinski definition) is 3. The molecule has 1 amide bonds. The Morgan fingerprint density at radius 2 is 1.58 bits per heavy atom. The molecule has 0 radical (unpaired) electrons. The lowest BCUT2D eigenvalue weighted by Gasteiger charge is -2.31. The Bertz CT molecular complexity index is 717. The van der Waals surface area contributed by atoms with E-state index in [1.165, 1.54) is 0 Å². The van der Waals surface area contributed by atoms with Crippen LogP contribution in [0.2, 0.25) is 0 Å². The van der Waals surface area contributed by atoms with Gasteiger partial charge in [-0.05, 0) is 44.1 Å². The molecule has 0 saturated carbocycles. The van der Waals surface area contributed by atoms with Gasteiger partial charge in [-0.1, -0.05) is 60.7 Å². The Kier molecular flexibility index (Phi) is 7.30. The van der Waals surface area contributed by atoms with E-state index in [2.05, 4.69) is 5.32 Å². The molecule has 0 aliphatic heterocycles. The van der Waals surface area contributed by atoms with E-state index in [1.54, 1.807) is 6.92 Å². The zero-order chi connectivity index (χ0) is 19.0. The molecular weight excluding hydrogens is 344 g/mol. The number of nitrogens with one attached hydrogen (secondary N) is 1. The number of carbonyl (C=O) groups is 1. The van der Waals surface area contributed by atoms with Crippen LogP contribution in [0.3, 0.4) is 0 Å². The number of thiocarbonyl (C=S) groups is 1. The van der Waals surface area contributed by atoms with Crippen molar-refractivity contribution in [3.63, 3.8) is 0 Å². The number of rotatable bonds is 7. The molecule has 0 aliphatic rings. The summed E-state index contributed by atoms with van der Waals surface area (Å²) >= 11 is 5.38. The number of amides is 1. The Labute approximate surface area is 161 Å². The van der Waals surface area contributed by atoms with Crippen molar-refractivity contribution in [3.8, 4) is 0 Å². The van der Waals surface area contributed by atoms with E-state index in [9.17, 15) is 4.79 Å². The van der Waals surface area contributed by atoms with Gasteiger partial charge >= 0.3 is 0 Å². The SMILES string of the molecule is CCN(CC)C(=S)NC(=O)[C@](C)(OCc1ccccc1)c1ccccc1. The summed E-state index contributed by atoms with van der Waals surface area (Å²) in [5, 5.41) is 3.27. The van der Waals surface area contributed by atoms with Gasteiger partial charge in [-0.3, -0.25) is 4.79 Å². The molecule has 5 heteroatoms. The van der Waals surface area contributed by atoms with Crippen LogP contribution in [0.15, 0.2) is 60.7 Å². The van der Waals surface area contributed by atoms with Gasteiger partial charge in [-0.2, -0.15) is 0 Å². The molecule has 0 aromatic heterocycles. The molecule has 2 aromatic carbocycles. The summed E-state index contributed by atoms with van der Waals surface area (Å²) in [7, 11) is 0. The van der Waals surface area contributed by atoms with Crippen molar-refractivity contribution in [2.45, 2.75) is 33.0 Å². The third-order valence-corrected chi connectivity index (χ3v) is 4.76. The van der Waals surface area contributed by atoms with E-state index in [0.717, 1.165) is 24.2 Å². The van der Waals surface area contributed by atoms with E-state index in [4.69, 9.17) is 17.0 Å². The maximum absolute atomic E-state index is 13.1. The van der Waals surface area contributed by atoms with Gasteiger partial charge < -0.3 is 15.0 Å². The highest BCUT2D eigenvalue weighted by Gasteiger charge is 2.37. The highest BCUT2D eigenvalue weighted by molar-refractivity contribution is 7.80. The molecule has 2 rings (SSSR count). The zero-order valence-corrected chi connectivity index (χ0v) is 16.4. The second kappa shape index (κ2) is 9.46. The van der Waals surface area contributed by atoms with Gasteiger partial charge in [0.25, 0.3) is 5.91 Å². The first kappa shape index (κ1) is 20.1. The Balaban J connectivity index is 2.22. The summed E-state index contributed by atoms with van der Waals surface area (Å²) in [6.07, 6.45) is 0. The molecule has 0 aliphatic carbocycles. The Morgan fingerprint density at radius 3 is 2.12 bits per heavy atom. The summed E-state index contributed by atoms with van der Waals surface area (Å²) in [5.74, 6) is -0.267. The minimum atomic E-state index is -1.14. The highest BCUT2D eigenvalue weighted by Crippen LogP contribution is 2.27. The lowest BCUT2D eigenvalue weighted by atomic mass is 9.94. The average Bonchev–Trinajstić information content (AvgIpc) is 2.68.